The first kappa shape index (κ1) is 14.7. The number of nitrogens with zero attached hydrogens (tertiary/aromatic N) is 2. The monoisotopic (exact) mass is 372 g/mol. The van der Waals surface area contributed by atoms with Crippen molar-refractivity contribution in [2.45, 2.75) is 19.3 Å². The summed E-state index contributed by atoms with van der Waals surface area (Å²) in [5.41, 5.74) is 2.21. The zero-order valence-corrected chi connectivity index (χ0v) is 14.5. The Morgan fingerprint density at radius 3 is 2.78 bits per heavy atom. The van der Waals surface area contributed by atoms with E-state index >= 15 is 0 Å². The van der Waals surface area contributed by atoms with E-state index in [4.69, 9.17) is 4.74 Å². The van der Waals surface area contributed by atoms with Gasteiger partial charge in [0.05, 0.1) is 12.5 Å². The second-order valence-electron chi connectivity index (χ2n) is 6.31. The molecule has 4 rings (SSSR count). The highest BCUT2D eigenvalue weighted by molar-refractivity contribution is 9.10. The lowest BCUT2D eigenvalue weighted by atomic mass is 9.83. The van der Waals surface area contributed by atoms with E-state index < -0.39 is 0 Å². The summed E-state index contributed by atoms with van der Waals surface area (Å²) in [6, 6.07) is 9.96. The quantitative estimate of drug-likeness (QED) is 0.811. The molecule has 1 aliphatic heterocycles. The minimum Gasteiger partial charge on any atom is -0.497 e. The van der Waals surface area contributed by atoms with Gasteiger partial charge >= 0.3 is 0 Å². The Hall–Kier alpha value is -1.88. The zero-order valence-electron chi connectivity index (χ0n) is 12.9. The average Bonchev–Trinajstić information content (AvgIpc) is 3.09. The van der Waals surface area contributed by atoms with Crippen molar-refractivity contribution in [3.63, 3.8) is 0 Å². The van der Waals surface area contributed by atoms with Gasteiger partial charge in [-0.05, 0) is 70.6 Å². The number of aromatic nitrogens is 1. The predicted molar refractivity (Wildman–Crippen MR) is 91.7 cm³/mol. The van der Waals surface area contributed by atoms with E-state index in [1.54, 1.807) is 13.3 Å². The highest BCUT2D eigenvalue weighted by atomic mass is 79.9. The molecular weight excluding hydrogens is 356 g/mol. The fourth-order valence-electron chi connectivity index (χ4n) is 3.75. The number of rotatable bonds is 2. The minimum absolute atomic E-state index is 0.197. The smallest absolute Gasteiger partial charge is 0.235 e. The van der Waals surface area contributed by atoms with Crippen molar-refractivity contribution in [2.75, 3.05) is 18.6 Å². The van der Waals surface area contributed by atoms with E-state index in [1.807, 2.05) is 23.1 Å². The molecule has 1 amide bonds. The van der Waals surface area contributed by atoms with E-state index in [2.05, 4.69) is 33.0 Å². The molecule has 2 aliphatic rings. The van der Waals surface area contributed by atoms with Gasteiger partial charge in [-0.25, -0.2) is 4.98 Å². The van der Waals surface area contributed by atoms with Crippen LogP contribution in [-0.4, -0.2) is 24.5 Å². The third kappa shape index (κ3) is 2.34. The molecule has 1 atom stereocenters. The first-order chi connectivity index (χ1) is 11.1. The van der Waals surface area contributed by atoms with Crippen LogP contribution in [0.3, 0.4) is 0 Å². The van der Waals surface area contributed by atoms with Gasteiger partial charge in [0, 0.05) is 17.2 Å². The van der Waals surface area contributed by atoms with Crippen LogP contribution in [0.4, 0.5) is 5.82 Å². The second kappa shape index (κ2) is 5.34. The summed E-state index contributed by atoms with van der Waals surface area (Å²) in [7, 11) is 1.67. The molecule has 1 aromatic heterocycles. The van der Waals surface area contributed by atoms with Gasteiger partial charge in [0.1, 0.15) is 11.6 Å². The highest BCUT2D eigenvalue weighted by Crippen LogP contribution is 2.46. The lowest BCUT2D eigenvalue weighted by molar-refractivity contribution is -0.125. The van der Waals surface area contributed by atoms with Crippen LogP contribution in [0.2, 0.25) is 0 Å². The fourth-order valence-corrected chi connectivity index (χ4v) is 3.99. The summed E-state index contributed by atoms with van der Waals surface area (Å²) in [5, 5.41) is 0. The number of fused-ring (bicyclic) bond motifs is 1. The molecule has 1 spiro atoms. The number of hydrogen-bond acceptors (Lipinski definition) is 3. The fraction of sp³-hybridized carbons (Fsp3) is 0.333. The van der Waals surface area contributed by atoms with E-state index in [9.17, 15) is 4.79 Å². The molecule has 1 fully saturated rings. The maximum Gasteiger partial charge on any atom is 0.235 e. The first-order valence-corrected chi connectivity index (χ1v) is 8.50. The van der Waals surface area contributed by atoms with Crippen LogP contribution in [0.1, 0.15) is 17.5 Å². The molecule has 2 aromatic rings. The van der Waals surface area contributed by atoms with Crippen LogP contribution in [0.15, 0.2) is 41.0 Å². The number of pyridine rings is 1. The third-order valence-electron chi connectivity index (χ3n) is 4.97. The van der Waals surface area contributed by atoms with Crippen LogP contribution >= 0.6 is 15.9 Å². The topological polar surface area (TPSA) is 42.4 Å². The average molecular weight is 373 g/mol. The Morgan fingerprint density at radius 1 is 1.22 bits per heavy atom. The van der Waals surface area contributed by atoms with Crippen molar-refractivity contribution in [1.82, 2.24) is 4.98 Å². The Labute approximate surface area is 143 Å². The van der Waals surface area contributed by atoms with Crippen molar-refractivity contribution in [2.24, 2.45) is 5.41 Å². The standard InChI is InChI=1S/C18H17BrN2O2/c1-23-15-4-2-12-9-18(10-13(12)8-15)6-7-21(17(18)22)16-5-3-14(19)11-20-16/h2-5,8,11H,6-7,9-10H2,1H3. The van der Waals surface area contributed by atoms with E-state index in [1.165, 1.54) is 11.1 Å². The number of carbonyl (C=O) groups excluding carboxylic acids is 1. The molecule has 23 heavy (non-hydrogen) atoms. The number of carbonyl (C=O) groups is 1. The van der Waals surface area contributed by atoms with Gasteiger partial charge in [-0.1, -0.05) is 6.07 Å². The third-order valence-corrected chi connectivity index (χ3v) is 5.44. The molecule has 4 nitrogen and oxygen atoms in total. The highest BCUT2D eigenvalue weighted by Gasteiger charge is 2.50. The van der Waals surface area contributed by atoms with Gasteiger partial charge in [-0.2, -0.15) is 0 Å². The molecule has 1 unspecified atom stereocenters. The molecular formula is C18H17BrN2O2. The summed E-state index contributed by atoms with van der Waals surface area (Å²) in [6.45, 7) is 0.735. The maximum absolute atomic E-state index is 13.1. The van der Waals surface area contributed by atoms with E-state index in [0.717, 1.165) is 41.8 Å². The Balaban J connectivity index is 1.62. The molecule has 0 radical (unpaired) electrons. The molecule has 0 bridgehead atoms. The lowest BCUT2D eigenvalue weighted by Gasteiger charge is -2.22. The van der Waals surface area contributed by atoms with Crippen LogP contribution < -0.4 is 9.64 Å². The van der Waals surface area contributed by atoms with Crippen molar-refractivity contribution in [1.29, 1.82) is 0 Å². The number of amides is 1. The zero-order chi connectivity index (χ0) is 16.0. The molecule has 2 heterocycles. The summed E-state index contributed by atoms with van der Waals surface area (Å²) in [5.74, 6) is 1.80. The van der Waals surface area contributed by atoms with E-state index in [-0.39, 0.29) is 11.3 Å². The summed E-state index contributed by atoms with van der Waals surface area (Å²) in [6.07, 6.45) is 4.23. The van der Waals surface area contributed by atoms with E-state index in [0.29, 0.717) is 0 Å². The van der Waals surface area contributed by atoms with Crippen LogP contribution in [0, 0.1) is 5.41 Å². The summed E-state index contributed by atoms with van der Waals surface area (Å²) >= 11 is 3.38. The van der Waals surface area contributed by atoms with Gasteiger partial charge in [0.25, 0.3) is 0 Å². The summed E-state index contributed by atoms with van der Waals surface area (Å²) < 4.78 is 6.23. The number of ether oxygens (including phenoxy) is 1. The van der Waals surface area contributed by atoms with Gasteiger partial charge in [-0.15, -0.1) is 0 Å². The number of halogens is 1. The van der Waals surface area contributed by atoms with Crippen LogP contribution in [0.5, 0.6) is 5.75 Å². The Kier molecular flexibility index (Phi) is 3.41. The molecule has 0 saturated carbocycles. The number of anilines is 1. The largest absolute Gasteiger partial charge is 0.497 e. The van der Waals surface area contributed by atoms with Crippen molar-refractivity contribution >= 4 is 27.7 Å². The molecule has 1 saturated heterocycles. The van der Waals surface area contributed by atoms with Crippen molar-refractivity contribution in [3.05, 3.63) is 52.1 Å². The minimum atomic E-state index is -0.302. The molecule has 5 heteroatoms. The predicted octanol–water partition coefficient (Wildman–Crippen LogP) is 3.37. The number of methoxy groups -OCH3 is 1. The van der Waals surface area contributed by atoms with Crippen LogP contribution in [-0.2, 0) is 17.6 Å². The first-order valence-electron chi connectivity index (χ1n) is 7.71. The lowest BCUT2D eigenvalue weighted by Crippen LogP contribution is -2.35. The van der Waals surface area contributed by atoms with Gasteiger partial charge in [0.2, 0.25) is 5.91 Å². The van der Waals surface area contributed by atoms with Crippen molar-refractivity contribution < 1.29 is 9.53 Å². The Bertz CT molecular complexity index is 775. The summed E-state index contributed by atoms with van der Waals surface area (Å²) in [4.78, 5) is 19.3. The second-order valence-corrected chi connectivity index (χ2v) is 7.23. The Morgan fingerprint density at radius 2 is 2.04 bits per heavy atom. The van der Waals surface area contributed by atoms with Gasteiger partial charge < -0.3 is 4.74 Å². The SMILES string of the molecule is COc1ccc2c(c1)CC1(CCN(c3ccc(Br)cn3)C1=O)C2. The number of hydrogen-bond donors (Lipinski definition) is 0. The molecule has 1 aromatic carbocycles. The normalized spacial score (nSPS) is 22.7. The molecule has 1 aliphatic carbocycles. The van der Waals surface area contributed by atoms with Crippen LogP contribution in [0.25, 0.3) is 0 Å². The number of benzene rings is 1. The molecule has 0 N–H and O–H groups in total. The van der Waals surface area contributed by atoms with Gasteiger partial charge in [-0.3, -0.25) is 9.69 Å². The van der Waals surface area contributed by atoms with Gasteiger partial charge in [0.15, 0.2) is 0 Å². The van der Waals surface area contributed by atoms with Crippen molar-refractivity contribution in [3.8, 4) is 5.75 Å². The molecule has 118 valence electrons. The maximum atomic E-state index is 13.1.